The van der Waals surface area contributed by atoms with Gasteiger partial charge in [0.25, 0.3) is 15.9 Å². The minimum atomic E-state index is -3.85. The lowest BCUT2D eigenvalue weighted by Gasteiger charge is -2.08. The number of benzene rings is 1. The quantitative estimate of drug-likeness (QED) is 0.644. The van der Waals surface area contributed by atoms with Crippen LogP contribution >= 0.6 is 11.3 Å². The van der Waals surface area contributed by atoms with Gasteiger partial charge in [0, 0.05) is 11.4 Å². The van der Waals surface area contributed by atoms with Gasteiger partial charge in [0.05, 0.1) is 12.8 Å². The number of nitrogens with one attached hydrogen (secondary N) is 2. The van der Waals surface area contributed by atoms with Crippen molar-refractivity contribution in [2.75, 3.05) is 12.4 Å². The number of sulfonamides is 1. The summed E-state index contributed by atoms with van der Waals surface area (Å²) in [7, 11) is -2.36. The second-order valence-corrected chi connectivity index (χ2v) is 7.91. The summed E-state index contributed by atoms with van der Waals surface area (Å²) in [5, 5.41) is 4.16. The Morgan fingerprint density at radius 2 is 1.96 bits per heavy atom. The zero-order valence-electron chi connectivity index (χ0n) is 13.8. The van der Waals surface area contributed by atoms with Crippen molar-refractivity contribution in [3.63, 3.8) is 0 Å². The van der Waals surface area contributed by atoms with Crippen LogP contribution in [0.25, 0.3) is 0 Å². The predicted molar refractivity (Wildman–Crippen MR) is 98.0 cm³/mol. The zero-order valence-corrected chi connectivity index (χ0v) is 15.4. The maximum atomic E-state index is 12.3. The summed E-state index contributed by atoms with van der Waals surface area (Å²) in [6.07, 6.45) is 0. The Morgan fingerprint density at radius 3 is 2.69 bits per heavy atom. The molecule has 2 heterocycles. The first kappa shape index (κ1) is 18.2. The predicted octanol–water partition coefficient (Wildman–Crippen LogP) is 3.08. The highest BCUT2D eigenvalue weighted by Crippen LogP contribution is 2.24. The first-order valence-electron chi connectivity index (χ1n) is 7.56. The van der Waals surface area contributed by atoms with E-state index in [1.165, 1.54) is 30.6 Å². The molecule has 0 aliphatic carbocycles. The number of carbonyl (C=O) groups excluding carboxylic acids is 1. The maximum Gasteiger partial charge on any atom is 0.291 e. The van der Waals surface area contributed by atoms with Crippen LogP contribution in [0, 0.1) is 0 Å². The van der Waals surface area contributed by atoms with E-state index in [4.69, 9.17) is 9.15 Å². The summed E-state index contributed by atoms with van der Waals surface area (Å²) in [5.41, 5.74) is 0.455. The van der Waals surface area contributed by atoms with Crippen LogP contribution in [0.15, 0.2) is 63.4 Å². The largest absolute Gasteiger partial charge is 0.495 e. The van der Waals surface area contributed by atoms with Crippen molar-refractivity contribution < 1.29 is 22.4 Å². The molecule has 0 saturated heterocycles. The maximum absolute atomic E-state index is 12.3. The van der Waals surface area contributed by atoms with Gasteiger partial charge in [0.2, 0.25) is 5.09 Å². The highest BCUT2D eigenvalue weighted by molar-refractivity contribution is 7.89. The van der Waals surface area contributed by atoms with E-state index in [1.54, 1.807) is 24.3 Å². The van der Waals surface area contributed by atoms with Gasteiger partial charge >= 0.3 is 0 Å². The lowest BCUT2D eigenvalue weighted by atomic mass is 10.3. The SMILES string of the molecule is COc1ccccc1NC(=O)c1ccc(S(=O)(=O)NCc2cccs2)o1. The molecule has 0 aliphatic rings. The van der Waals surface area contributed by atoms with Gasteiger partial charge in [-0.3, -0.25) is 4.79 Å². The number of carbonyl (C=O) groups is 1. The summed E-state index contributed by atoms with van der Waals surface area (Å²) >= 11 is 1.44. The van der Waals surface area contributed by atoms with E-state index >= 15 is 0 Å². The first-order chi connectivity index (χ1) is 12.5. The number of furan rings is 1. The second kappa shape index (κ2) is 7.73. The van der Waals surface area contributed by atoms with Gasteiger partial charge in [0.1, 0.15) is 5.75 Å². The van der Waals surface area contributed by atoms with Gasteiger partial charge in [0.15, 0.2) is 5.76 Å². The fourth-order valence-electron chi connectivity index (χ4n) is 2.17. The third kappa shape index (κ3) is 4.13. The van der Waals surface area contributed by atoms with Gasteiger partial charge in [-0.15, -0.1) is 11.3 Å². The van der Waals surface area contributed by atoms with Crippen molar-refractivity contribution in [2.24, 2.45) is 0 Å². The number of amides is 1. The van der Waals surface area contributed by atoms with Gasteiger partial charge < -0.3 is 14.5 Å². The van der Waals surface area contributed by atoms with Gasteiger partial charge in [-0.25, -0.2) is 13.1 Å². The van der Waals surface area contributed by atoms with E-state index in [1.807, 2.05) is 17.5 Å². The number of hydrogen-bond donors (Lipinski definition) is 2. The summed E-state index contributed by atoms with van der Waals surface area (Å²) in [6, 6.07) is 13.1. The first-order valence-corrected chi connectivity index (χ1v) is 9.92. The number of para-hydroxylation sites is 2. The van der Waals surface area contributed by atoms with Crippen molar-refractivity contribution in [1.82, 2.24) is 4.72 Å². The smallest absolute Gasteiger partial charge is 0.291 e. The molecule has 2 N–H and O–H groups in total. The minimum Gasteiger partial charge on any atom is -0.495 e. The number of hydrogen-bond acceptors (Lipinski definition) is 6. The zero-order chi connectivity index (χ0) is 18.6. The third-order valence-electron chi connectivity index (χ3n) is 3.44. The van der Waals surface area contributed by atoms with Gasteiger partial charge in [-0.1, -0.05) is 18.2 Å². The van der Waals surface area contributed by atoms with Crippen LogP contribution in [-0.2, 0) is 16.6 Å². The molecule has 136 valence electrons. The van der Waals surface area contributed by atoms with E-state index in [9.17, 15) is 13.2 Å². The number of ether oxygens (including phenoxy) is 1. The van der Waals surface area contributed by atoms with E-state index in [2.05, 4.69) is 10.0 Å². The highest BCUT2D eigenvalue weighted by atomic mass is 32.2. The molecular formula is C17H16N2O5S2. The molecule has 3 aromatic rings. The fraction of sp³-hybridized carbons (Fsp3) is 0.118. The van der Waals surface area contributed by atoms with E-state index in [0.717, 1.165) is 4.88 Å². The van der Waals surface area contributed by atoms with Crippen molar-refractivity contribution in [2.45, 2.75) is 11.6 Å². The normalized spacial score (nSPS) is 11.3. The number of methoxy groups -OCH3 is 1. The van der Waals surface area contributed by atoms with E-state index in [-0.39, 0.29) is 17.4 Å². The van der Waals surface area contributed by atoms with Crippen molar-refractivity contribution in [3.8, 4) is 5.75 Å². The number of thiophene rings is 1. The van der Waals surface area contributed by atoms with Gasteiger partial charge in [-0.05, 0) is 35.7 Å². The molecule has 26 heavy (non-hydrogen) atoms. The van der Waals surface area contributed by atoms with Crippen molar-refractivity contribution in [1.29, 1.82) is 0 Å². The molecule has 0 saturated carbocycles. The lowest BCUT2D eigenvalue weighted by molar-refractivity contribution is 0.0991. The van der Waals surface area contributed by atoms with E-state index in [0.29, 0.717) is 11.4 Å². The molecule has 7 nitrogen and oxygen atoms in total. The fourth-order valence-corrected chi connectivity index (χ4v) is 3.84. The molecular weight excluding hydrogens is 376 g/mol. The Labute approximate surface area is 154 Å². The van der Waals surface area contributed by atoms with Gasteiger partial charge in [-0.2, -0.15) is 0 Å². The lowest BCUT2D eigenvalue weighted by Crippen LogP contribution is -2.22. The molecule has 0 unspecified atom stereocenters. The minimum absolute atomic E-state index is 0.118. The van der Waals surface area contributed by atoms with Crippen LogP contribution in [-0.4, -0.2) is 21.4 Å². The van der Waals surface area contributed by atoms with Crippen LogP contribution < -0.4 is 14.8 Å². The van der Waals surface area contributed by atoms with Crippen molar-refractivity contribution >= 4 is 33.0 Å². The van der Waals surface area contributed by atoms with Crippen molar-refractivity contribution in [3.05, 3.63) is 64.5 Å². The van der Waals surface area contributed by atoms with Crippen LogP contribution in [0.3, 0.4) is 0 Å². The summed E-state index contributed by atoms with van der Waals surface area (Å²) in [6.45, 7) is 0.156. The second-order valence-electron chi connectivity index (χ2n) is 5.18. The molecule has 0 bridgehead atoms. The highest BCUT2D eigenvalue weighted by Gasteiger charge is 2.21. The molecule has 9 heteroatoms. The van der Waals surface area contributed by atoms with Crippen LogP contribution in [0.2, 0.25) is 0 Å². The Balaban J connectivity index is 1.71. The standard InChI is InChI=1S/C17H16N2O5S2/c1-23-14-7-3-2-6-13(14)19-17(20)15-8-9-16(24-15)26(21,22)18-11-12-5-4-10-25-12/h2-10,18H,11H2,1H3,(H,19,20). The summed E-state index contributed by atoms with van der Waals surface area (Å²) in [4.78, 5) is 13.2. The molecule has 2 aromatic heterocycles. The molecule has 0 spiro atoms. The van der Waals surface area contributed by atoms with Crippen LogP contribution in [0.5, 0.6) is 5.75 Å². The summed E-state index contributed by atoms with van der Waals surface area (Å²) in [5.74, 6) is -0.209. The molecule has 0 aliphatic heterocycles. The summed E-state index contributed by atoms with van der Waals surface area (Å²) < 4.78 is 37.4. The Morgan fingerprint density at radius 1 is 1.15 bits per heavy atom. The molecule has 0 atom stereocenters. The van der Waals surface area contributed by atoms with Crippen LogP contribution in [0.1, 0.15) is 15.4 Å². The Hall–Kier alpha value is -2.62. The Kier molecular flexibility index (Phi) is 5.40. The number of anilines is 1. The molecule has 1 amide bonds. The average Bonchev–Trinajstić information content (AvgIpc) is 3.32. The molecule has 0 radical (unpaired) electrons. The monoisotopic (exact) mass is 392 g/mol. The third-order valence-corrected chi connectivity index (χ3v) is 5.59. The molecule has 3 rings (SSSR count). The Bertz CT molecular complexity index is 994. The number of rotatable bonds is 7. The van der Waals surface area contributed by atoms with Crippen LogP contribution in [0.4, 0.5) is 5.69 Å². The average molecular weight is 392 g/mol. The molecule has 1 aromatic carbocycles. The molecule has 0 fully saturated rings. The topological polar surface area (TPSA) is 97.6 Å². The van der Waals surface area contributed by atoms with E-state index < -0.39 is 15.9 Å².